The van der Waals surface area contributed by atoms with Gasteiger partial charge in [0.2, 0.25) is 17.8 Å². The molecule has 2 saturated heterocycles. The smallest absolute Gasteiger partial charge is 0.249 e. The molecule has 34 heavy (non-hydrogen) atoms. The predicted octanol–water partition coefficient (Wildman–Crippen LogP) is 3.63. The van der Waals surface area contributed by atoms with Gasteiger partial charge in [-0.25, -0.2) is 4.98 Å². The highest BCUT2D eigenvalue weighted by molar-refractivity contribution is 6.02. The number of ether oxygens (including phenoxy) is 1. The van der Waals surface area contributed by atoms with Crippen LogP contribution in [0.5, 0.6) is 0 Å². The number of nitrogens with one attached hydrogen (secondary N) is 2. The van der Waals surface area contributed by atoms with Crippen molar-refractivity contribution in [1.29, 1.82) is 5.26 Å². The Hall–Kier alpha value is -3.51. The Bertz CT molecular complexity index is 1120. The molecule has 3 fully saturated rings. The zero-order valence-electron chi connectivity index (χ0n) is 19.2. The Morgan fingerprint density at radius 2 is 1.85 bits per heavy atom. The van der Waals surface area contributed by atoms with Crippen LogP contribution in [0.25, 0.3) is 0 Å². The van der Waals surface area contributed by atoms with Crippen LogP contribution in [0.3, 0.4) is 0 Å². The number of nitriles is 1. The molecule has 0 unspecified atom stereocenters. The van der Waals surface area contributed by atoms with E-state index >= 15 is 0 Å². The first-order chi connectivity index (χ1) is 16.5. The van der Waals surface area contributed by atoms with Crippen LogP contribution in [-0.2, 0) is 14.3 Å². The minimum Gasteiger partial charge on any atom is -0.381 e. The molecular weight excluding hydrogens is 432 g/mol. The van der Waals surface area contributed by atoms with Gasteiger partial charge in [-0.1, -0.05) is 0 Å². The summed E-state index contributed by atoms with van der Waals surface area (Å²) in [4.78, 5) is 36.1. The van der Waals surface area contributed by atoms with E-state index in [1.54, 1.807) is 17.2 Å². The summed E-state index contributed by atoms with van der Waals surface area (Å²) in [5.74, 6) is 0.856. The van der Waals surface area contributed by atoms with Gasteiger partial charge in [0.1, 0.15) is 11.2 Å². The van der Waals surface area contributed by atoms with Crippen LogP contribution in [0, 0.1) is 28.6 Å². The molecule has 9 heteroatoms. The Balaban J connectivity index is 1.26. The molecule has 2 atom stereocenters. The number of nitrogens with zero attached hydrogens (tertiary/aromatic N) is 4. The summed E-state index contributed by atoms with van der Waals surface area (Å²) in [5.41, 5.74) is 0.551. The fourth-order valence-corrected chi connectivity index (χ4v) is 5.01. The number of hydrogen-bond acceptors (Lipinski definition) is 7. The van der Waals surface area contributed by atoms with E-state index in [0.29, 0.717) is 31.4 Å². The van der Waals surface area contributed by atoms with Crippen molar-refractivity contribution < 1.29 is 14.3 Å². The van der Waals surface area contributed by atoms with Crippen LogP contribution in [0.4, 0.5) is 23.1 Å². The van der Waals surface area contributed by atoms with Crippen molar-refractivity contribution in [2.45, 2.75) is 45.1 Å². The first-order valence-corrected chi connectivity index (χ1v) is 11.8. The van der Waals surface area contributed by atoms with E-state index < -0.39 is 5.41 Å². The summed E-state index contributed by atoms with van der Waals surface area (Å²) in [7, 11) is 0. The van der Waals surface area contributed by atoms with Gasteiger partial charge < -0.3 is 15.4 Å². The molecular formula is C25H28N6O3. The lowest BCUT2D eigenvalue weighted by molar-refractivity contribution is -0.124. The van der Waals surface area contributed by atoms with Gasteiger partial charge in [-0.3, -0.25) is 14.5 Å². The van der Waals surface area contributed by atoms with E-state index in [2.05, 4.69) is 26.7 Å². The van der Waals surface area contributed by atoms with Crippen molar-refractivity contribution in [3.05, 3.63) is 36.5 Å². The van der Waals surface area contributed by atoms with Crippen LogP contribution in [-0.4, -0.2) is 41.0 Å². The minimum absolute atomic E-state index is 0.0157. The fraction of sp³-hybridized carbons (Fsp3) is 0.480. The summed E-state index contributed by atoms with van der Waals surface area (Å²) in [6.07, 6.45) is 5.49. The highest BCUT2D eigenvalue weighted by Gasteiger charge is 2.59. The van der Waals surface area contributed by atoms with E-state index in [1.165, 1.54) is 0 Å². The Morgan fingerprint density at radius 3 is 2.53 bits per heavy atom. The molecule has 3 aliphatic rings. The van der Waals surface area contributed by atoms with E-state index in [1.807, 2.05) is 31.2 Å². The molecule has 1 aromatic heterocycles. The van der Waals surface area contributed by atoms with Gasteiger partial charge >= 0.3 is 0 Å². The molecule has 2 aliphatic heterocycles. The molecule has 0 radical (unpaired) electrons. The van der Waals surface area contributed by atoms with E-state index in [0.717, 1.165) is 37.1 Å². The highest BCUT2D eigenvalue weighted by atomic mass is 16.5. The highest BCUT2D eigenvalue weighted by Crippen LogP contribution is 2.53. The predicted molar refractivity (Wildman–Crippen MR) is 126 cm³/mol. The van der Waals surface area contributed by atoms with Gasteiger partial charge in [0.15, 0.2) is 0 Å². The van der Waals surface area contributed by atoms with Gasteiger partial charge in [-0.15, -0.1) is 0 Å². The van der Waals surface area contributed by atoms with Crippen LogP contribution >= 0.6 is 0 Å². The summed E-state index contributed by atoms with van der Waals surface area (Å²) in [6, 6.07) is 11.3. The van der Waals surface area contributed by atoms with E-state index in [9.17, 15) is 14.9 Å². The van der Waals surface area contributed by atoms with Crippen LogP contribution < -0.4 is 15.5 Å². The lowest BCUT2D eigenvalue weighted by atomic mass is 9.81. The van der Waals surface area contributed by atoms with Crippen molar-refractivity contribution in [3.63, 3.8) is 0 Å². The van der Waals surface area contributed by atoms with Crippen molar-refractivity contribution >= 4 is 35.0 Å². The monoisotopic (exact) mass is 460 g/mol. The first-order valence-electron chi connectivity index (χ1n) is 11.8. The second kappa shape index (κ2) is 9.03. The number of hydrogen-bond donors (Lipinski definition) is 2. The molecule has 1 aromatic carbocycles. The van der Waals surface area contributed by atoms with Gasteiger partial charge in [-0.2, -0.15) is 10.2 Å². The lowest BCUT2D eigenvalue weighted by Crippen LogP contribution is -2.37. The summed E-state index contributed by atoms with van der Waals surface area (Å²) >= 11 is 0. The van der Waals surface area contributed by atoms with E-state index in [4.69, 9.17) is 4.74 Å². The van der Waals surface area contributed by atoms with Crippen molar-refractivity contribution in [2.24, 2.45) is 17.3 Å². The maximum absolute atomic E-state index is 13.2. The number of carbonyl (C=O) groups is 2. The Labute approximate surface area is 198 Å². The second-order valence-electron chi connectivity index (χ2n) is 9.40. The number of carbonyl (C=O) groups excluding carboxylic acids is 2. The zero-order chi connectivity index (χ0) is 23.7. The van der Waals surface area contributed by atoms with Crippen LogP contribution in [0.15, 0.2) is 36.5 Å². The van der Waals surface area contributed by atoms with Gasteiger partial charge in [0.25, 0.3) is 0 Å². The second-order valence-corrected chi connectivity index (χ2v) is 9.40. The minimum atomic E-state index is -0.928. The maximum Gasteiger partial charge on any atom is 0.249 e. The fourth-order valence-electron chi connectivity index (χ4n) is 5.01. The summed E-state index contributed by atoms with van der Waals surface area (Å²) in [6.45, 7) is 3.21. The molecule has 1 aliphatic carbocycles. The van der Waals surface area contributed by atoms with Crippen molar-refractivity contribution in [3.8, 4) is 6.07 Å². The van der Waals surface area contributed by atoms with Crippen LogP contribution in [0.1, 0.15) is 39.0 Å². The quantitative estimate of drug-likeness (QED) is 0.675. The summed E-state index contributed by atoms with van der Waals surface area (Å²) < 4.78 is 5.32. The average molecular weight is 461 g/mol. The molecule has 2 N–H and O–H groups in total. The van der Waals surface area contributed by atoms with E-state index in [-0.39, 0.29) is 29.7 Å². The number of rotatable bonds is 6. The van der Waals surface area contributed by atoms with Gasteiger partial charge in [0, 0.05) is 42.7 Å². The normalized spacial score (nSPS) is 25.1. The molecule has 2 amide bonds. The molecule has 176 valence electrons. The average Bonchev–Trinajstić information content (AvgIpc) is 3.67. The van der Waals surface area contributed by atoms with Gasteiger partial charge in [0.05, 0.1) is 6.07 Å². The SMILES string of the molecule is C[C@@H]1C[C@@](C#N)(C2CC2)C(=O)N1c1ccnc(Nc2ccc(NC(=O)C3CCOCC3)cc2)n1. The first kappa shape index (κ1) is 22.3. The largest absolute Gasteiger partial charge is 0.381 e. The number of aromatic nitrogens is 2. The molecule has 2 aromatic rings. The van der Waals surface area contributed by atoms with Crippen LogP contribution in [0.2, 0.25) is 0 Å². The van der Waals surface area contributed by atoms with Crippen molar-refractivity contribution in [1.82, 2.24) is 9.97 Å². The molecule has 9 nitrogen and oxygen atoms in total. The molecule has 3 heterocycles. The van der Waals surface area contributed by atoms with Crippen molar-refractivity contribution in [2.75, 3.05) is 28.7 Å². The molecule has 0 bridgehead atoms. The Morgan fingerprint density at radius 1 is 1.15 bits per heavy atom. The maximum atomic E-state index is 13.2. The number of anilines is 4. The Kier molecular flexibility index (Phi) is 5.92. The standard InChI is InChI=1S/C25H28N6O3/c1-16-14-25(15-26,18-2-3-18)23(33)31(16)21-8-11-27-24(30-21)29-20-6-4-19(5-7-20)28-22(32)17-9-12-34-13-10-17/h4-8,11,16-18H,2-3,9-10,12-14H2,1H3,(H,28,32)(H,27,29,30)/t16-,25-/m1/s1. The van der Waals surface area contributed by atoms with Gasteiger partial charge in [-0.05, 0) is 75.3 Å². The third-order valence-electron chi connectivity index (χ3n) is 7.02. The molecule has 0 spiro atoms. The molecule has 5 rings (SSSR count). The molecule has 1 saturated carbocycles. The zero-order valence-corrected chi connectivity index (χ0v) is 19.2. The third-order valence-corrected chi connectivity index (χ3v) is 7.02. The topological polar surface area (TPSA) is 120 Å². The lowest BCUT2D eigenvalue weighted by Gasteiger charge is -2.22. The number of amides is 2. The third kappa shape index (κ3) is 4.21. The summed E-state index contributed by atoms with van der Waals surface area (Å²) in [5, 5.41) is 15.9. The number of benzene rings is 1.